The molecule has 0 radical (unpaired) electrons. The van der Waals surface area contributed by atoms with Crippen LogP contribution in [0.2, 0.25) is 0 Å². The molecule has 0 amide bonds. The highest BCUT2D eigenvalue weighted by Gasteiger charge is 2.43. The first-order chi connectivity index (χ1) is 18.2. The Hall–Kier alpha value is -4.18. The lowest BCUT2D eigenvalue weighted by Crippen LogP contribution is -2.41. The van der Waals surface area contributed by atoms with Crippen molar-refractivity contribution in [2.24, 2.45) is 5.41 Å². The SMILES string of the molecule is CC(=N)c1ccc(-c2ccc(COc3cc(N4CCC5(CC4)CN[C@H](C(=O)O)C5)nc(N)n3)cc2)cc1N. The summed E-state index contributed by atoms with van der Waals surface area (Å²) in [6.45, 7) is 4.34. The van der Waals surface area contributed by atoms with E-state index >= 15 is 0 Å². The number of nitrogen functional groups attached to an aromatic ring is 2. The number of aliphatic carboxylic acids is 1. The van der Waals surface area contributed by atoms with Gasteiger partial charge in [0.25, 0.3) is 0 Å². The Morgan fingerprint density at radius 2 is 1.84 bits per heavy atom. The van der Waals surface area contributed by atoms with Gasteiger partial charge in [-0.25, -0.2) is 0 Å². The molecule has 7 N–H and O–H groups in total. The lowest BCUT2D eigenvalue weighted by atomic mass is 9.76. The molecule has 3 heterocycles. The summed E-state index contributed by atoms with van der Waals surface area (Å²) in [7, 11) is 0. The van der Waals surface area contributed by atoms with Crippen molar-refractivity contribution in [3.63, 3.8) is 0 Å². The van der Waals surface area contributed by atoms with Crippen LogP contribution in [0.15, 0.2) is 48.5 Å². The summed E-state index contributed by atoms with van der Waals surface area (Å²) < 4.78 is 5.97. The van der Waals surface area contributed by atoms with E-state index in [9.17, 15) is 9.90 Å². The number of benzene rings is 2. The van der Waals surface area contributed by atoms with E-state index in [0.717, 1.165) is 60.5 Å². The van der Waals surface area contributed by atoms with Crippen LogP contribution in [0.25, 0.3) is 11.1 Å². The first kappa shape index (κ1) is 25.5. The smallest absolute Gasteiger partial charge is 0.320 e. The summed E-state index contributed by atoms with van der Waals surface area (Å²) in [6.07, 6.45) is 2.45. The summed E-state index contributed by atoms with van der Waals surface area (Å²) in [6, 6.07) is 15.1. The molecular weight excluding hydrogens is 482 g/mol. The number of rotatable bonds is 7. The number of carboxylic acid groups (broad SMARTS) is 1. The van der Waals surface area contributed by atoms with Crippen molar-refractivity contribution >= 4 is 29.1 Å². The van der Waals surface area contributed by atoms with Gasteiger partial charge in [0.1, 0.15) is 18.5 Å². The molecule has 10 nitrogen and oxygen atoms in total. The zero-order chi connectivity index (χ0) is 26.9. The Morgan fingerprint density at radius 1 is 1.13 bits per heavy atom. The maximum Gasteiger partial charge on any atom is 0.320 e. The topological polar surface area (TPSA) is 163 Å². The van der Waals surface area contributed by atoms with E-state index in [0.29, 0.717) is 30.3 Å². The van der Waals surface area contributed by atoms with Gasteiger partial charge in [0, 0.05) is 42.7 Å². The van der Waals surface area contributed by atoms with Crippen molar-refractivity contribution in [1.82, 2.24) is 15.3 Å². The largest absolute Gasteiger partial charge is 0.480 e. The first-order valence-corrected chi connectivity index (χ1v) is 12.7. The number of ether oxygens (including phenoxy) is 1. The summed E-state index contributed by atoms with van der Waals surface area (Å²) in [4.78, 5) is 22.2. The van der Waals surface area contributed by atoms with E-state index < -0.39 is 12.0 Å². The molecule has 2 aliphatic heterocycles. The summed E-state index contributed by atoms with van der Waals surface area (Å²) in [5, 5.41) is 20.3. The first-order valence-electron chi connectivity index (χ1n) is 12.7. The van der Waals surface area contributed by atoms with Gasteiger partial charge in [0.15, 0.2) is 0 Å². The van der Waals surface area contributed by atoms with Gasteiger partial charge in [-0.3, -0.25) is 4.79 Å². The van der Waals surface area contributed by atoms with Gasteiger partial charge < -0.3 is 36.9 Å². The number of hydrogen-bond acceptors (Lipinski definition) is 9. The van der Waals surface area contributed by atoms with Crippen LogP contribution in [-0.2, 0) is 11.4 Å². The zero-order valence-electron chi connectivity index (χ0n) is 21.4. The van der Waals surface area contributed by atoms with Crippen LogP contribution in [0.5, 0.6) is 5.88 Å². The number of nitrogens with zero attached hydrogens (tertiary/aromatic N) is 3. The van der Waals surface area contributed by atoms with Gasteiger partial charge in [-0.05, 0) is 54.4 Å². The number of piperidine rings is 1. The molecule has 38 heavy (non-hydrogen) atoms. The van der Waals surface area contributed by atoms with Gasteiger partial charge in [-0.2, -0.15) is 9.97 Å². The molecule has 0 unspecified atom stereocenters. The molecule has 198 valence electrons. The van der Waals surface area contributed by atoms with Crippen LogP contribution in [0.1, 0.15) is 37.3 Å². The van der Waals surface area contributed by atoms with E-state index in [1.807, 2.05) is 48.5 Å². The summed E-state index contributed by atoms with van der Waals surface area (Å²) in [5.41, 5.74) is 16.9. The van der Waals surface area contributed by atoms with Gasteiger partial charge >= 0.3 is 5.97 Å². The van der Waals surface area contributed by atoms with Gasteiger partial charge in [-0.1, -0.05) is 36.4 Å². The highest BCUT2D eigenvalue weighted by Crippen LogP contribution is 2.40. The van der Waals surface area contributed by atoms with Crippen LogP contribution in [0, 0.1) is 10.8 Å². The molecular formula is C28H33N7O3. The second-order valence-corrected chi connectivity index (χ2v) is 10.3. The van der Waals surface area contributed by atoms with Crippen molar-refractivity contribution in [3.05, 3.63) is 59.7 Å². The maximum absolute atomic E-state index is 11.3. The van der Waals surface area contributed by atoms with E-state index in [1.165, 1.54) is 0 Å². The number of nitrogens with one attached hydrogen (secondary N) is 2. The monoisotopic (exact) mass is 515 g/mol. The van der Waals surface area contributed by atoms with E-state index in [4.69, 9.17) is 21.6 Å². The number of carbonyl (C=O) groups is 1. The van der Waals surface area contributed by atoms with Gasteiger partial charge in [0.2, 0.25) is 11.8 Å². The van der Waals surface area contributed by atoms with Crippen LogP contribution >= 0.6 is 0 Å². The van der Waals surface area contributed by atoms with E-state index in [-0.39, 0.29) is 11.4 Å². The molecule has 5 rings (SSSR count). The van der Waals surface area contributed by atoms with Crippen LogP contribution in [0.3, 0.4) is 0 Å². The number of aromatic nitrogens is 2. The Labute approximate surface area is 221 Å². The number of nitrogens with two attached hydrogens (primary N) is 2. The average Bonchev–Trinajstić information content (AvgIpc) is 3.31. The Balaban J connectivity index is 1.20. The molecule has 10 heteroatoms. The molecule has 2 fully saturated rings. The minimum Gasteiger partial charge on any atom is -0.480 e. The molecule has 0 bridgehead atoms. The summed E-state index contributed by atoms with van der Waals surface area (Å²) in [5.74, 6) is 0.514. The Kier molecular flexibility index (Phi) is 6.90. The van der Waals surface area contributed by atoms with Crippen molar-refractivity contribution < 1.29 is 14.6 Å². The molecule has 3 aromatic rings. The van der Waals surface area contributed by atoms with Gasteiger partial charge in [0.05, 0.1) is 0 Å². The summed E-state index contributed by atoms with van der Waals surface area (Å²) >= 11 is 0. The minimum absolute atomic E-state index is 0.0242. The van der Waals surface area contributed by atoms with Crippen molar-refractivity contribution in [1.29, 1.82) is 5.41 Å². The average molecular weight is 516 g/mol. The van der Waals surface area contributed by atoms with Gasteiger partial charge in [-0.15, -0.1) is 0 Å². The molecule has 2 aromatic carbocycles. The van der Waals surface area contributed by atoms with Crippen molar-refractivity contribution in [2.75, 3.05) is 36.0 Å². The second kappa shape index (κ2) is 10.3. The van der Waals surface area contributed by atoms with Crippen LogP contribution in [0.4, 0.5) is 17.5 Å². The molecule has 2 aliphatic rings. The van der Waals surface area contributed by atoms with Crippen LogP contribution < -0.4 is 26.4 Å². The Bertz CT molecular complexity index is 1350. The lowest BCUT2D eigenvalue weighted by Gasteiger charge is -2.39. The number of hydrogen-bond donors (Lipinski definition) is 5. The molecule has 1 aromatic heterocycles. The quantitative estimate of drug-likeness (QED) is 0.235. The Morgan fingerprint density at radius 3 is 2.47 bits per heavy atom. The lowest BCUT2D eigenvalue weighted by molar-refractivity contribution is -0.139. The van der Waals surface area contributed by atoms with Crippen molar-refractivity contribution in [2.45, 2.75) is 38.8 Å². The van der Waals surface area contributed by atoms with Crippen LogP contribution in [-0.4, -0.2) is 52.4 Å². The third-order valence-electron chi connectivity index (χ3n) is 7.64. The fourth-order valence-corrected chi connectivity index (χ4v) is 5.38. The van der Waals surface area contributed by atoms with Crippen molar-refractivity contribution in [3.8, 4) is 17.0 Å². The fourth-order valence-electron chi connectivity index (χ4n) is 5.38. The fraction of sp³-hybridized carbons (Fsp3) is 0.357. The predicted octanol–water partition coefficient (Wildman–Crippen LogP) is 3.31. The second-order valence-electron chi connectivity index (χ2n) is 10.3. The van der Waals surface area contributed by atoms with E-state index in [2.05, 4.69) is 20.2 Å². The molecule has 1 atom stereocenters. The number of carboxylic acids is 1. The molecule has 2 saturated heterocycles. The highest BCUT2D eigenvalue weighted by atomic mass is 16.5. The predicted molar refractivity (Wildman–Crippen MR) is 147 cm³/mol. The molecule has 0 aliphatic carbocycles. The minimum atomic E-state index is -0.776. The maximum atomic E-state index is 11.3. The third-order valence-corrected chi connectivity index (χ3v) is 7.64. The zero-order valence-corrected chi connectivity index (χ0v) is 21.4. The number of anilines is 3. The standard InChI is InChI=1S/C28H33N7O3/c1-17(29)21-7-6-20(12-22(21)30)19-4-2-18(3-5-19)15-38-25-13-24(33-27(31)34-25)35-10-8-28(9-11-35)14-23(26(36)37)32-16-28/h2-7,12-13,23,29,32H,8-11,14-16,30H2,1H3,(H,36,37)(H2,31,33,34)/t23-/m0/s1. The highest BCUT2D eigenvalue weighted by molar-refractivity contribution is 6.01. The molecule has 1 spiro atoms. The normalized spacial score (nSPS) is 18.4. The molecule has 0 saturated carbocycles. The third kappa shape index (κ3) is 5.40. The van der Waals surface area contributed by atoms with E-state index in [1.54, 1.807) is 6.92 Å².